The second-order valence-electron chi connectivity index (χ2n) is 4.77. The van der Waals surface area contributed by atoms with Crippen LogP contribution in [0, 0.1) is 6.92 Å². The molecular weight excluding hydrogens is 282 g/mol. The van der Waals surface area contributed by atoms with E-state index in [1.54, 1.807) is 0 Å². The lowest BCUT2D eigenvalue weighted by molar-refractivity contribution is 0.0599. The minimum absolute atomic E-state index is 0.0335. The third kappa shape index (κ3) is 2.93. The monoisotopic (exact) mass is 299 g/mol. The summed E-state index contributed by atoms with van der Waals surface area (Å²) in [7, 11) is 2.75. The number of nitrogens with one attached hydrogen (secondary N) is 1. The lowest BCUT2D eigenvalue weighted by Gasteiger charge is -2.06. The number of ether oxygens (including phenoxy) is 1. The van der Waals surface area contributed by atoms with Crippen molar-refractivity contribution in [3.8, 4) is 0 Å². The molecule has 2 aromatic rings. The Balaban J connectivity index is 2.50. The summed E-state index contributed by atoms with van der Waals surface area (Å²) in [4.78, 5) is 23.6. The molecule has 1 aromatic heterocycles. The van der Waals surface area contributed by atoms with Gasteiger partial charge in [0.25, 0.3) is 5.91 Å². The molecule has 1 heterocycles. The number of rotatable bonds is 4. The van der Waals surface area contributed by atoms with Crippen molar-refractivity contribution in [1.29, 1.82) is 0 Å². The van der Waals surface area contributed by atoms with Crippen LogP contribution in [0.1, 0.15) is 37.8 Å². The van der Waals surface area contributed by atoms with Crippen molar-refractivity contribution >= 4 is 17.4 Å². The summed E-state index contributed by atoms with van der Waals surface area (Å²) in [5, 5.41) is 2.45. The molecule has 2 rings (SSSR count). The van der Waals surface area contributed by atoms with Gasteiger partial charge in [-0.2, -0.15) is 0 Å². The summed E-state index contributed by atoms with van der Waals surface area (Å²) in [6.07, 6.45) is 0. The number of methoxy groups -OCH3 is 1. The number of hydrogen-bond donors (Lipinski definition) is 1. The van der Waals surface area contributed by atoms with Crippen LogP contribution in [0.2, 0.25) is 0 Å². The van der Waals surface area contributed by atoms with Crippen molar-refractivity contribution in [3.63, 3.8) is 0 Å². The highest BCUT2D eigenvalue weighted by atomic mass is 16.5. The number of carbonyl (C=O) groups excluding carboxylic acids is 2. The van der Waals surface area contributed by atoms with Gasteiger partial charge >= 0.3 is 5.97 Å². The number of furan rings is 1. The zero-order chi connectivity index (χ0) is 16.3. The molecule has 0 atom stereocenters. The summed E-state index contributed by atoms with van der Waals surface area (Å²) in [6.45, 7) is 5.94. The first-order valence-electron chi connectivity index (χ1n) is 6.68. The van der Waals surface area contributed by atoms with E-state index in [9.17, 15) is 9.59 Å². The fourth-order valence-electron chi connectivity index (χ4n) is 2.00. The number of carbonyl (C=O) groups is 2. The maximum Gasteiger partial charge on any atom is 0.341 e. The maximum atomic E-state index is 11.9. The van der Waals surface area contributed by atoms with E-state index in [0.717, 1.165) is 11.1 Å². The summed E-state index contributed by atoms with van der Waals surface area (Å²) < 4.78 is 10.3. The van der Waals surface area contributed by atoms with E-state index >= 15 is 0 Å². The molecule has 22 heavy (non-hydrogen) atoms. The lowest BCUT2D eigenvalue weighted by Crippen LogP contribution is -2.16. The van der Waals surface area contributed by atoms with Gasteiger partial charge in [-0.3, -0.25) is 4.79 Å². The highest BCUT2D eigenvalue weighted by Gasteiger charge is 2.23. The Morgan fingerprint density at radius 1 is 1.23 bits per heavy atom. The molecule has 0 unspecified atom stereocenters. The van der Waals surface area contributed by atoms with Gasteiger partial charge in [-0.15, -0.1) is 0 Å². The van der Waals surface area contributed by atoms with Gasteiger partial charge < -0.3 is 14.5 Å². The highest BCUT2D eigenvalue weighted by Crippen LogP contribution is 2.28. The molecule has 114 valence electrons. The number of benzene rings is 1. The SMILES string of the molecule is C=C(c1ccc(C)cc1)c1oc(C(=O)NC)cc1C(=O)OC. The van der Waals surface area contributed by atoms with Crippen LogP contribution in [0.15, 0.2) is 41.3 Å². The Morgan fingerprint density at radius 3 is 2.41 bits per heavy atom. The fourth-order valence-corrected chi connectivity index (χ4v) is 2.00. The van der Waals surface area contributed by atoms with Crippen LogP contribution in [0.25, 0.3) is 5.57 Å². The molecule has 0 spiro atoms. The molecule has 0 radical (unpaired) electrons. The second kappa shape index (κ2) is 6.30. The van der Waals surface area contributed by atoms with Crippen LogP contribution in [0.3, 0.4) is 0 Å². The standard InChI is InChI=1S/C17H17NO4/c1-10-5-7-12(8-6-10)11(2)15-13(17(20)21-4)9-14(22-15)16(19)18-3/h5-9H,2H2,1,3-4H3,(H,18,19). The Labute approximate surface area is 128 Å². The van der Waals surface area contributed by atoms with Crippen LogP contribution in [0.4, 0.5) is 0 Å². The van der Waals surface area contributed by atoms with E-state index < -0.39 is 11.9 Å². The van der Waals surface area contributed by atoms with Crippen molar-refractivity contribution in [3.05, 3.63) is 65.1 Å². The molecule has 1 aromatic carbocycles. The topological polar surface area (TPSA) is 68.5 Å². The zero-order valence-corrected chi connectivity index (χ0v) is 12.7. The molecule has 0 saturated carbocycles. The molecule has 0 fully saturated rings. The molecule has 5 nitrogen and oxygen atoms in total. The number of amides is 1. The summed E-state index contributed by atoms with van der Waals surface area (Å²) in [6, 6.07) is 8.98. The quantitative estimate of drug-likeness (QED) is 0.881. The average Bonchev–Trinajstić information content (AvgIpc) is 2.98. The van der Waals surface area contributed by atoms with Gasteiger partial charge in [-0.1, -0.05) is 36.4 Å². The van der Waals surface area contributed by atoms with E-state index in [4.69, 9.17) is 9.15 Å². The largest absolute Gasteiger partial charge is 0.465 e. The molecule has 0 bridgehead atoms. The Kier molecular flexibility index (Phi) is 4.46. The van der Waals surface area contributed by atoms with Crippen LogP contribution in [-0.2, 0) is 4.74 Å². The summed E-state index contributed by atoms with van der Waals surface area (Å²) in [5.41, 5.74) is 2.59. The first kappa shape index (κ1) is 15.6. The van der Waals surface area contributed by atoms with Gasteiger partial charge in [0.15, 0.2) is 5.76 Å². The third-order valence-corrected chi connectivity index (χ3v) is 3.26. The first-order valence-corrected chi connectivity index (χ1v) is 6.68. The van der Waals surface area contributed by atoms with Gasteiger partial charge in [0.1, 0.15) is 11.3 Å². The number of esters is 1. The van der Waals surface area contributed by atoms with Crippen LogP contribution in [0.5, 0.6) is 0 Å². The van der Waals surface area contributed by atoms with E-state index in [1.165, 1.54) is 20.2 Å². The predicted octanol–water partition coefficient (Wildman–Crippen LogP) is 2.80. The van der Waals surface area contributed by atoms with Gasteiger partial charge in [0.2, 0.25) is 0 Å². The first-order chi connectivity index (χ1) is 10.5. The normalized spacial score (nSPS) is 10.1. The Morgan fingerprint density at radius 2 is 1.86 bits per heavy atom. The predicted molar refractivity (Wildman–Crippen MR) is 82.8 cm³/mol. The van der Waals surface area contributed by atoms with Crippen molar-refractivity contribution < 1.29 is 18.7 Å². The van der Waals surface area contributed by atoms with Crippen LogP contribution >= 0.6 is 0 Å². The van der Waals surface area contributed by atoms with Gasteiger partial charge in [0.05, 0.1) is 7.11 Å². The maximum absolute atomic E-state index is 11.9. The molecule has 0 aliphatic rings. The lowest BCUT2D eigenvalue weighted by atomic mass is 10.0. The van der Waals surface area contributed by atoms with Gasteiger partial charge in [-0.25, -0.2) is 4.79 Å². The Bertz CT molecular complexity index is 726. The third-order valence-electron chi connectivity index (χ3n) is 3.26. The molecule has 0 saturated heterocycles. The number of aryl methyl sites for hydroxylation is 1. The number of hydrogen-bond acceptors (Lipinski definition) is 4. The second-order valence-corrected chi connectivity index (χ2v) is 4.77. The molecule has 1 N–H and O–H groups in total. The summed E-state index contributed by atoms with van der Waals surface area (Å²) in [5.74, 6) is -0.740. The van der Waals surface area contributed by atoms with E-state index in [2.05, 4.69) is 11.9 Å². The summed E-state index contributed by atoms with van der Waals surface area (Å²) >= 11 is 0. The smallest absolute Gasteiger partial charge is 0.341 e. The van der Waals surface area contributed by atoms with Crippen molar-refractivity contribution in [2.45, 2.75) is 6.92 Å². The molecule has 0 aliphatic carbocycles. The van der Waals surface area contributed by atoms with E-state index in [1.807, 2.05) is 31.2 Å². The average molecular weight is 299 g/mol. The minimum Gasteiger partial charge on any atom is -0.465 e. The fraction of sp³-hybridized carbons (Fsp3) is 0.176. The van der Waals surface area contributed by atoms with Gasteiger partial charge in [-0.05, 0) is 12.5 Å². The minimum atomic E-state index is -0.581. The Hall–Kier alpha value is -2.82. The highest BCUT2D eigenvalue weighted by molar-refractivity contribution is 6.00. The molecular formula is C17H17NO4. The van der Waals surface area contributed by atoms with E-state index in [-0.39, 0.29) is 17.1 Å². The van der Waals surface area contributed by atoms with Crippen molar-refractivity contribution in [2.24, 2.45) is 0 Å². The zero-order valence-electron chi connectivity index (χ0n) is 12.7. The van der Waals surface area contributed by atoms with Gasteiger partial charge in [0, 0.05) is 18.7 Å². The van der Waals surface area contributed by atoms with E-state index in [0.29, 0.717) is 5.57 Å². The molecule has 0 aliphatic heterocycles. The van der Waals surface area contributed by atoms with Crippen molar-refractivity contribution in [1.82, 2.24) is 5.32 Å². The van der Waals surface area contributed by atoms with Crippen LogP contribution in [-0.4, -0.2) is 26.0 Å². The molecule has 1 amide bonds. The molecule has 5 heteroatoms. The van der Waals surface area contributed by atoms with Crippen LogP contribution < -0.4 is 5.32 Å². The van der Waals surface area contributed by atoms with Crippen molar-refractivity contribution in [2.75, 3.05) is 14.2 Å².